The molecule has 40 heavy (non-hydrogen) atoms. The summed E-state index contributed by atoms with van der Waals surface area (Å²) < 4.78 is 0. The predicted octanol–water partition coefficient (Wildman–Crippen LogP) is 9.33. The van der Waals surface area contributed by atoms with Crippen molar-refractivity contribution < 1.29 is 4.79 Å². The van der Waals surface area contributed by atoms with Gasteiger partial charge in [-0.25, -0.2) is 0 Å². The van der Waals surface area contributed by atoms with Gasteiger partial charge in [0.15, 0.2) is 0 Å². The molecule has 0 aliphatic heterocycles. The number of aryl methyl sites for hydroxylation is 2. The number of carbonyl (C=O) groups excluding carboxylic acids is 1. The van der Waals surface area contributed by atoms with Gasteiger partial charge in [-0.2, -0.15) is 0 Å². The van der Waals surface area contributed by atoms with E-state index in [1.807, 2.05) is 12.1 Å². The van der Waals surface area contributed by atoms with Gasteiger partial charge in [0.2, 0.25) is 0 Å². The van der Waals surface area contributed by atoms with Crippen molar-refractivity contribution in [1.29, 1.82) is 0 Å². The van der Waals surface area contributed by atoms with E-state index in [0.29, 0.717) is 6.54 Å². The number of benzene rings is 3. The minimum absolute atomic E-state index is 0.136. The molecule has 3 rings (SSSR count). The van der Waals surface area contributed by atoms with E-state index in [2.05, 4.69) is 98.2 Å². The Balaban J connectivity index is 1.72. The fraction of sp³-hybridized carbons (Fsp3) is 0.486. The second kappa shape index (κ2) is 17.7. The number of rotatable bonds is 18. The van der Waals surface area contributed by atoms with E-state index in [4.69, 9.17) is 0 Å². The van der Waals surface area contributed by atoms with E-state index in [-0.39, 0.29) is 5.91 Å². The second-order valence-electron chi connectivity index (χ2n) is 11.3. The molecule has 0 saturated carbocycles. The molecule has 0 bridgehead atoms. The van der Waals surface area contributed by atoms with Crippen LogP contribution in [0.5, 0.6) is 0 Å². The van der Waals surface area contributed by atoms with Crippen molar-refractivity contribution in [1.82, 2.24) is 9.80 Å². The number of unbranched alkanes of at least 4 members (excludes halogenated alkanes) is 4. The molecule has 0 spiro atoms. The van der Waals surface area contributed by atoms with E-state index >= 15 is 0 Å². The fourth-order valence-corrected chi connectivity index (χ4v) is 5.32. The predicted molar refractivity (Wildman–Crippen MR) is 172 cm³/mol. The molecule has 0 unspecified atom stereocenters. The van der Waals surface area contributed by atoms with Gasteiger partial charge >= 0.3 is 0 Å². The topological polar surface area (TPSA) is 23.6 Å². The van der Waals surface area contributed by atoms with Gasteiger partial charge in [0.05, 0.1) is 0 Å². The van der Waals surface area contributed by atoms with Crippen LogP contribution in [0.15, 0.2) is 72.8 Å². The summed E-state index contributed by atoms with van der Waals surface area (Å²) in [5, 5.41) is 0. The van der Waals surface area contributed by atoms with Gasteiger partial charge in [-0.05, 0) is 98.6 Å². The monoisotopic (exact) mass is 540 g/mol. The van der Waals surface area contributed by atoms with Crippen molar-refractivity contribution in [2.45, 2.75) is 92.0 Å². The van der Waals surface area contributed by atoms with Gasteiger partial charge in [-0.15, -0.1) is 0 Å². The fourth-order valence-electron chi connectivity index (χ4n) is 5.32. The molecule has 216 valence electrons. The van der Waals surface area contributed by atoms with Crippen LogP contribution in [0.2, 0.25) is 0 Å². The van der Waals surface area contributed by atoms with Crippen LogP contribution in [0.3, 0.4) is 0 Å². The highest BCUT2D eigenvalue weighted by atomic mass is 16.2. The van der Waals surface area contributed by atoms with Crippen LogP contribution in [0.4, 0.5) is 0 Å². The number of carbonyl (C=O) groups is 1. The van der Waals surface area contributed by atoms with Crippen LogP contribution in [0, 0.1) is 6.92 Å². The molecule has 0 radical (unpaired) electrons. The summed E-state index contributed by atoms with van der Waals surface area (Å²) in [6.07, 6.45) is 10.7. The highest BCUT2D eigenvalue weighted by Crippen LogP contribution is 2.24. The maximum absolute atomic E-state index is 13.8. The summed E-state index contributed by atoms with van der Waals surface area (Å²) in [5.41, 5.74) is 7.06. The summed E-state index contributed by atoms with van der Waals surface area (Å²) in [4.78, 5) is 18.4. The summed E-state index contributed by atoms with van der Waals surface area (Å²) in [7, 11) is 0. The molecular weight excluding hydrogens is 488 g/mol. The van der Waals surface area contributed by atoms with Gasteiger partial charge in [-0.1, -0.05) is 107 Å². The summed E-state index contributed by atoms with van der Waals surface area (Å²) in [5.74, 6) is 0.136. The molecule has 3 nitrogen and oxygen atoms in total. The van der Waals surface area contributed by atoms with E-state index in [9.17, 15) is 4.79 Å². The summed E-state index contributed by atoms with van der Waals surface area (Å²) >= 11 is 0. The summed E-state index contributed by atoms with van der Waals surface area (Å²) in [6, 6.07) is 25.6. The molecule has 3 heteroatoms. The molecule has 0 aliphatic rings. The molecule has 3 aromatic rings. The average Bonchev–Trinajstić information content (AvgIpc) is 2.98. The van der Waals surface area contributed by atoms with Crippen molar-refractivity contribution in [2.24, 2.45) is 0 Å². The number of nitrogens with zero attached hydrogens (tertiary/aromatic N) is 2. The Hall–Kier alpha value is -2.91. The van der Waals surface area contributed by atoms with Crippen LogP contribution in [-0.4, -0.2) is 41.9 Å². The molecule has 0 atom stereocenters. The molecule has 3 aromatic carbocycles. The zero-order valence-electron chi connectivity index (χ0n) is 25.6. The first-order chi connectivity index (χ1) is 19.5. The van der Waals surface area contributed by atoms with E-state index in [1.54, 1.807) is 0 Å². The lowest BCUT2D eigenvalue weighted by Gasteiger charge is -2.26. The molecule has 0 fully saturated rings. The molecule has 0 aliphatic carbocycles. The Kier molecular flexibility index (Phi) is 14.0. The minimum atomic E-state index is 0.136. The molecule has 0 N–H and O–H groups in total. The lowest BCUT2D eigenvalue weighted by molar-refractivity contribution is 0.0734. The summed E-state index contributed by atoms with van der Waals surface area (Å²) in [6.45, 7) is 13.7. The first-order valence-corrected chi connectivity index (χ1v) is 15.8. The lowest BCUT2D eigenvalue weighted by atomic mass is 9.99. The zero-order chi connectivity index (χ0) is 28.6. The van der Waals surface area contributed by atoms with Crippen LogP contribution in [0.25, 0.3) is 11.1 Å². The first-order valence-electron chi connectivity index (χ1n) is 15.8. The third kappa shape index (κ3) is 10.2. The zero-order valence-corrected chi connectivity index (χ0v) is 25.6. The Labute approximate surface area is 244 Å². The normalized spacial score (nSPS) is 11.2. The van der Waals surface area contributed by atoms with Crippen LogP contribution in [0.1, 0.15) is 99.2 Å². The highest BCUT2D eigenvalue weighted by molar-refractivity contribution is 5.94. The Bertz CT molecular complexity index is 1110. The number of amides is 1. The molecular formula is C37H52N2O. The van der Waals surface area contributed by atoms with Gasteiger partial charge in [0.25, 0.3) is 5.91 Å². The van der Waals surface area contributed by atoms with Gasteiger partial charge < -0.3 is 9.80 Å². The maximum Gasteiger partial charge on any atom is 0.254 e. The molecule has 0 heterocycles. The third-order valence-corrected chi connectivity index (χ3v) is 7.90. The van der Waals surface area contributed by atoms with Crippen LogP contribution in [-0.2, 0) is 13.0 Å². The van der Waals surface area contributed by atoms with Gasteiger partial charge in [-0.3, -0.25) is 4.79 Å². The second-order valence-corrected chi connectivity index (χ2v) is 11.3. The largest absolute Gasteiger partial charge is 0.334 e. The average molecular weight is 541 g/mol. The maximum atomic E-state index is 13.8. The smallest absolute Gasteiger partial charge is 0.254 e. The van der Waals surface area contributed by atoms with Gasteiger partial charge in [0, 0.05) is 18.7 Å². The van der Waals surface area contributed by atoms with Crippen molar-refractivity contribution >= 4 is 5.91 Å². The standard InChI is InChI=1S/C37H52N2O/c1-5-8-11-16-32-18-24-35(25-19-32)37(40)39(29-14-28-38(26-9-6-2)27-10-7-3)30-33-20-22-34(23-21-33)36-17-13-12-15-31(36)4/h12-13,15,17-25H,5-11,14,16,26-30H2,1-4H3. The van der Waals surface area contributed by atoms with Gasteiger partial charge in [0.1, 0.15) is 0 Å². The minimum Gasteiger partial charge on any atom is -0.334 e. The van der Waals surface area contributed by atoms with Crippen LogP contribution < -0.4 is 0 Å². The van der Waals surface area contributed by atoms with E-state index < -0.39 is 0 Å². The van der Waals surface area contributed by atoms with Crippen molar-refractivity contribution in [3.05, 3.63) is 95.1 Å². The highest BCUT2D eigenvalue weighted by Gasteiger charge is 2.17. The van der Waals surface area contributed by atoms with Crippen molar-refractivity contribution in [2.75, 3.05) is 26.2 Å². The number of hydrogen-bond donors (Lipinski definition) is 0. The number of hydrogen-bond acceptors (Lipinski definition) is 2. The Morgan fingerprint density at radius 1 is 0.625 bits per heavy atom. The lowest BCUT2D eigenvalue weighted by Crippen LogP contribution is -2.34. The SMILES string of the molecule is CCCCCc1ccc(C(=O)N(CCCN(CCCC)CCCC)Cc2ccc(-c3ccccc3C)cc2)cc1. The molecule has 1 amide bonds. The van der Waals surface area contributed by atoms with Crippen molar-refractivity contribution in [3.63, 3.8) is 0 Å². The van der Waals surface area contributed by atoms with Crippen LogP contribution >= 0.6 is 0 Å². The third-order valence-electron chi connectivity index (χ3n) is 7.90. The van der Waals surface area contributed by atoms with E-state index in [1.165, 1.54) is 72.8 Å². The molecule has 0 saturated heterocycles. The Morgan fingerprint density at radius 3 is 1.85 bits per heavy atom. The van der Waals surface area contributed by atoms with Crippen molar-refractivity contribution in [3.8, 4) is 11.1 Å². The van der Waals surface area contributed by atoms with E-state index in [0.717, 1.165) is 44.6 Å². The quantitative estimate of drug-likeness (QED) is 0.150. The molecule has 0 aromatic heterocycles. The first kappa shape index (κ1) is 31.6. The Morgan fingerprint density at radius 2 is 1.23 bits per heavy atom.